The summed E-state index contributed by atoms with van der Waals surface area (Å²) in [6, 6.07) is 1.84. The molecule has 0 aliphatic rings. The highest BCUT2D eigenvalue weighted by molar-refractivity contribution is 5.46. The Bertz CT molecular complexity index is 348. The van der Waals surface area contributed by atoms with E-state index >= 15 is 0 Å². The highest BCUT2D eigenvalue weighted by Gasteiger charge is 2.04. The average molecular weight is 163 g/mol. The lowest BCUT2D eigenvalue weighted by Crippen LogP contribution is -1.82. The minimum Gasteiger partial charge on any atom is -0.275 e. The third kappa shape index (κ3) is 1.09. The fourth-order valence-corrected chi connectivity index (χ4v) is 0.954. The molecule has 2 heterocycles. The molecular formula is C7H9N5. The molecule has 0 aliphatic carbocycles. The second-order valence-electron chi connectivity index (χ2n) is 2.43. The molecule has 62 valence electrons. The fraction of sp³-hybridized carbons (Fsp3) is 0.286. The molecular weight excluding hydrogens is 154 g/mol. The van der Waals surface area contributed by atoms with Crippen LogP contribution in [0.15, 0.2) is 12.3 Å². The first-order chi connectivity index (χ1) is 5.90. The van der Waals surface area contributed by atoms with E-state index in [1.165, 1.54) is 0 Å². The van der Waals surface area contributed by atoms with Crippen molar-refractivity contribution in [2.45, 2.75) is 13.3 Å². The quantitative estimate of drug-likeness (QED) is 0.686. The number of aryl methyl sites for hydroxylation is 1. The number of nitrogens with one attached hydrogen (secondary N) is 2. The fourth-order valence-electron chi connectivity index (χ4n) is 0.954. The second-order valence-corrected chi connectivity index (χ2v) is 2.43. The molecule has 0 amide bonds. The third-order valence-corrected chi connectivity index (χ3v) is 1.61. The summed E-state index contributed by atoms with van der Waals surface area (Å²) in [5, 5.41) is 13.5. The van der Waals surface area contributed by atoms with Crippen LogP contribution in [0.25, 0.3) is 11.5 Å². The van der Waals surface area contributed by atoms with E-state index in [4.69, 9.17) is 0 Å². The van der Waals surface area contributed by atoms with Gasteiger partial charge in [0, 0.05) is 12.6 Å². The van der Waals surface area contributed by atoms with Crippen LogP contribution in [0.4, 0.5) is 0 Å². The molecule has 2 rings (SSSR count). The molecule has 0 spiro atoms. The van der Waals surface area contributed by atoms with Crippen LogP contribution in [0, 0.1) is 0 Å². The van der Waals surface area contributed by atoms with Crippen LogP contribution in [0.2, 0.25) is 0 Å². The zero-order valence-corrected chi connectivity index (χ0v) is 6.70. The van der Waals surface area contributed by atoms with Gasteiger partial charge in [-0.05, 0) is 6.07 Å². The van der Waals surface area contributed by atoms with Gasteiger partial charge in [-0.15, -0.1) is 0 Å². The molecule has 0 saturated carbocycles. The normalized spacial score (nSPS) is 10.4. The van der Waals surface area contributed by atoms with Crippen molar-refractivity contribution in [2.24, 2.45) is 0 Å². The minimum absolute atomic E-state index is 0.671. The summed E-state index contributed by atoms with van der Waals surface area (Å²) in [6.07, 6.45) is 2.54. The van der Waals surface area contributed by atoms with Gasteiger partial charge < -0.3 is 0 Å². The Morgan fingerprint density at radius 1 is 1.42 bits per heavy atom. The molecule has 0 aliphatic heterocycles. The summed E-state index contributed by atoms with van der Waals surface area (Å²) in [7, 11) is 0. The van der Waals surface area contributed by atoms with Gasteiger partial charge >= 0.3 is 0 Å². The number of aromatic amines is 2. The van der Waals surface area contributed by atoms with Crippen molar-refractivity contribution < 1.29 is 0 Å². The number of H-pyrrole nitrogens is 2. The molecule has 5 heteroatoms. The Balaban J connectivity index is 2.35. The molecule has 5 nitrogen and oxygen atoms in total. The second kappa shape index (κ2) is 2.77. The van der Waals surface area contributed by atoms with Crippen molar-refractivity contribution in [3.8, 4) is 11.5 Å². The lowest BCUT2D eigenvalue weighted by molar-refractivity contribution is 0.946. The van der Waals surface area contributed by atoms with Gasteiger partial charge in [0.25, 0.3) is 0 Å². The first-order valence-electron chi connectivity index (χ1n) is 3.81. The predicted octanol–water partition coefficient (Wildman–Crippen LogP) is 0.757. The largest absolute Gasteiger partial charge is 0.275 e. The van der Waals surface area contributed by atoms with Crippen molar-refractivity contribution in [1.29, 1.82) is 0 Å². The SMILES string of the molecule is CCc1nc(-c2ccn[nH]2)n[nH]1. The summed E-state index contributed by atoms with van der Waals surface area (Å²) in [5.41, 5.74) is 0.839. The summed E-state index contributed by atoms with van der Waals surface area (Å²) >= 11 is 0. The van der Waals surface area contributed by atoms with Crippen molar-refractivity contribution in [1.82, 2.24) is 25.4 Å². The predicted molar refractivity (Wildman–Crippen MR) is 43.3 cm³/mol. The molecule has 0 bridgehead atoms. The number of nitrogens with zero attached hydrogens (tertiary/aromatic N) is 3. The zero-order valence-electron chi connectivity index (χ0n) is 6.70. The number of rotatable bonds is 2. The molecule has 0 atom stereocenters. The van der Waals surface area contributed by atoms with Crippen LogP contribution in [-0.2, 0) is 6.42 Å². The van der Waals surface area contributed by atoms with Gasteiger partial charge in [-0.1, -0.05) is 6.92 Å². The molecule has 0 unspecified atom stereocenters. The van der Waals surface area contributed by atoms with Crippen molar-refractivity contribution in [3.05, 3.63) is 18.1 Å². The highest BCUT2D eigenvalue weighted by atomic mass is 15.2. The lowest BCUT2D eigenvalue weighted by Gasteiger charge is -1.84. The Morgan fingerprint density at radius 3 is 2.92 bits per heavy atom. The van der Waals surface area contributed by atoms with E-state index in [2.05, 4.69) is 25.4 Å². The Hall–Kier alpha value is -1.65. The van der Waals surface area contributed by atoms with E-state index in [1.54, 1.807) is 6.20 Å². The number of hydrogen-bond acceptors (Lipinski definition) is 3. The highest BCUT2D eigenvalue weighted by Crippen LogP contribution is 2.09. The van der Waals surface area contributed by atoms with Gasteiger partial charge in [-0.3, -0.25) is 10.2 Å². The van der Waals surface area contributed by atoms with Gasteiger partial charge in [-0.2, -0.15) is 10.2 Å². The Morgan fingerprint density at radius 2 is 2.33 bits per heavy atom. The van der Waals surface area contributed by atoms with Gasteiger partial charge in [0.05, 0.1) is 0 Å². The molecule has 2 N–H and O–H groups in total. The Labute approximate surface area is 69.2 Å². The summed E-state index contributed by atoms with van der Waals surface area (Å²) in [5.74, 6) is 1.56. The summed E-state index contributed by atoms with van der Waals surface area (Å²) in [4.78, 5) is 4.23. The van der Waals surface area contributed by atoms with E-state index in [-0.39, 0.29) is 0 Å². The van der Waals surface area contributed by atoms with Gasteiger partial charge in [-0.25, -0.2) is 4.98 Å². The average Bonchev–Trinajstić information content (AvgIpc) is 2.75. The maximum atomic E-state index is 4.23. The molecule has 0 saturated heterocycles. The molecule has 0 fully saturated rings. The molecule has 12 heavy (non-hydrogen) atoms. The standard InChI is InChI=1S/C7H9N5/c1-2-6-9-7(12-11-6)5-3-4-8-10-5/h3-4H,2H2,1H3,(H,8,10)(H,9,11,12). The van der Waals surface area contributed by atoms with Crippen LogP contribution < -0.4 is 0 Å². The van der Waals surface area contributed by atoms with E-state index in [9.17, 15) is 0 Å². The van der Waals surface area contributed by atoms with E-state index in [1.807, 2.05) is 13.0 Å². The van der Waals surface area contributed by atoms with E-state index < -0.39 is 0 Å². The maximum Gasteiger partial charge on any atom is 0.199 e. The van der Waals surface area contributed by atoms with E-state index in [0.29, 0.717) is 5.82 Å². The first kappa shape index (κ1) is 7.02. The third-order valence-electron chi connectivity index (χ3n) is 1.61. The van der Waals surface area contributed by atoms with E-state index in [0.717, 1.165) is 17.9 Å². The smallest absolute Gasteiger partial charge is 0.199 e. The van der Waals surface area contributed by atoms with Crippen molar-refractivity contribution in [2.75, 3.05) is 0 Å². The van der Waals surface area contributed by atoms with Crippen molar-refractivity contribution in [3.63, 3.8) is 0 Å². The molecule has 0 aromatic carbocycles. The van der Waals surface area contributed by atoms with Crippen LogP contribution in [-0.4, -0.2) is 25.4 Å². The summed E-state index contributed by atoms with van der Waals surface area (Å²) in [6.45, 7) is 2.03. The van der Waals surface area contributed by atoms with Crippen LogP contribution in [0.5, 0.6) is 0 Å². The number of aromatic nitrogens is 5. The number of hydrogen-bond donors (Lipinski definition) is 2. The Kier molecular flexibility index (Phi) is 1.62. The maximum absolute atomic E-state index is 4.23. The van der Waals surface area contributed by atoms with Gasteiger partial charge in [0.1, 0.15) is 11.5 Å². The topological polar surface area (TPSA) is 70.2 Å². The molecule has 0 radical (unpaired) electrons. The monoisotopic (exact) mass is 163 g/mol. The van der Waals surface area contributed by atoms with Crippen LogP contribution >= 0.6 is 0 Å². The minimum atomic E-state index is 0.671. The van der Waals surface area contributed by atoms with Gasteiger partial charge in [0.15, 0.2) is 5.82 Å². The van der Waals surface area contributed by atoms with Crippen LogP contribution in [0.3, 0.4) is 0 Å². The summed E-state index contributed by atoms with van der Waals surface area (Å²) < 4.78 is 0. The lowest BCUT2D eigenvalue weighted by atomic mass is 10.4. The van der Waals surface area contributed by atoms with Crippen LogP contribution in [0.1, 0.15) is 12.7 Å². The molecule has 2 aromatic heterocycles. The zero-order chi connectivity index (χ0) is 8.39. The first-order valence-corrected chi connectivity index (χ1v) is 3.81. The van der Waals surface area contributed by atoms with Gasteiger partial charge in [0.2, 0.25) is 0 Å². The molecule has 2 aromatic rings. The van der Waals surface area contributed by atoms with Crippen molar-refractivity contribution >= 4 is 0 Å².